The van der Waals surface area contributed by atoms with Gasteiger partial charge in [-0.2, -0.15) is 4.98 Å². The molecular weight excluding hydrogens is 462 g/mol. The Bertz CT molecular complexity index is 1460. The van der Waals surface area contributed by atoms with Crippen LogP contribution < -0.4 is 31.9 Å². The quantitative estimate of drug-likeness (QED) is 0.360. The first kappa shape index (κ1) is 24.5. The van der Waals surface area contributed by atoms with E-state index in [4.69, 9.17) is 15.2 Å². The van der Waals surface area contributed by atoms with E-state index in [9.17, 15) is 9.59 Å². The smallest absolute Gasteiger partial charge is 0.355 e. The molecule has 0 unspecified atom stereocenters. The maximum Gasteiger partial charge on any atom is 0.355 e. The van der Waals surface area contributed by atoms with E-state index in [0.29, 0.717) is 28.7 Å². The number of nitrogens with two attached hydrogens (primary N) is 1. The summed E-state index contributed by atoms with van der Waals surface area (Å²) in [4.78, 5) is 38.9. The number of benzene rings is 2. The zero-order chi connectivity index (χ0) is 25.7. The molecule has 2 aromatic carbocycles. The lowest BCUT2D eigenvalue weighted by Crippen LogP contribution is -2.43. The van der Waals surface area contributed by atoms with Crippen molar-refractivity contribution in [2.75, 3.05) is 25.3 Å². The van der Waals surface area contributed by atoms with Gasteiger partial charge in [0.2, 0.25) is 5.95 Å². The highest BCUT2D eigenvalue weighted by Crippen LogP contribution is 2.15. The normalized spacial score (nSPS) is 10.8. The van der Waals surface area contributed by atoms with Crippen molar-refractivity contribution < 1.29 is 9.47 Å². The summed E-state index contributed by atoms with van der Waals surface area (Å²) in [5.41, 5.74) is 7.04. The Labute approximate surface area is 207 Å². The topological polar surface area (TPSA) is 139 Å². The van der Waals surface area contributed by atoms with Crippen LogP contribution in [0, 0.1) is 6.92 Å². The van der Waals surface area contributed by atoms with E-state index in [0.717, 1.165) is 15.7 Å². The van der Waals surface area contributed by atoms with Gasteiger partial charge in [-0.15, -0.1) is 0 Å². The Kier molecular flexibility index (Phi) is 7.28. The second-order valence-electron chi connectivity index (χ2n) is 8.05. The summed E-state index contributed by atoms with van der Waals surface area (Å²) in [7, 11) is 3.16. The third-order valence-corrected chi connectivity index (χ3v) is 5.60. The van der Waals surface area contributed by atoms with Crippen LogP contribution >= 0.6 is 0 Å². The fourth-order valence-electron chi connectivity index (χ4n) is 3.59. The molecule has 0 radical (unpaired) electrons. The molecule has 0 bridgehead atoms. The zero-order valence-corrected chi connectivity index (χ0v) is 20.3. The number of methoxy groups -OCH3 is 2. The molecule has 0 atom stereocenters. The molecule has 0 spiro atoms. The molecule has 4 rings (SSSR count). The minimum Gasteiger partial charge on any atom is -0.497 e. The molecule has 3 N–H and O–H groups in total. The van der Waals surface area contributed by atoms with Crippen molar-refractivity contribution in [2.24, 2.45) is 0 Å². The molecule has 0 aliphatic heterocycles. The molecule has 0 fully saturated rings. The van der Waals surface area contributed by atoms with Crippen LogP contribution in [0.15, 0.2) is 64.3 Å². The number of aromatic nitrogens is 5. The lowest BCUT2D eigenvalue weighted by atomic mass is 10.2. The van der Waals surface area contributed by atoms with Gasteiger partial charge in [0.05, 0.1) is 27.3 Å². The van der Waals surface area contributed by atoms with Gasteiger partial charge in [-0.25, -0.2) is 24.1 Å². The molecule has 0 amide bonds. The monoisotopic (exact) mass is 489 g/mol. The molecule has 0 aliphatic carbocycles. The fraction of sp³-hybridized carbons (Fsp3) is 0.240. The first-order valence-corrected chi connectivity index (χ1v) is 11.2. The number of rotatable bonds is 9. The molecule has 4 aromatic rings. The Balaban J connectivity index is 1.71. The van der Waals surface area contributed by atoms with Crippen molar-refractivity contribution in [2.45, 2.75) is 26.6 Å². The molecule has 11 heteroatoms. The van der Waals surface area contributed by atoms with Gasteiger partial charge in [0.1, 0.15) is 23.1 Å². The first-order chi connectivity index (χ1) is 17.4. The number of nitrogen functional groups attached to an aromatic ring is 1. The predicted molar refractivity (Wildman–Crippen MR) is 135 cm³/mol. The predicted octanol–water partition coefficient (Wildman–Crippen LogP) is 1.81. The van der Waals surface area contributed by atoms with Crippen LogP contribution in [-0.4, -0.2) is 38.3 Å². The number of hydrogen-bond donors (Lipinski definition) is 2. The Morgan fingerprint density at radius 1 is 0.861 bits per heavy atom. The van der Waals surface area contributed by atoms with Crippen molar-refractivity contribution in [3.8, 4) is 11.5 Å². The van der Waals surface area contributed by atoms with Gasteiger partial charge in [-0.1, -0.05) is 24.3 Å². The van der Waals surface area contributed by atoms with Gasteiger partial charge in [0.15, 0.2) is 0 Å². The standard InChI is InChI=1S/C25H27N7O4/c1-16-27-12-19(22(26)29-16)13-28-23-30-24(33)32(15-18-6-10-21(36-3)11-7-18)25(34)31(23)14-17-4-8-20(35-2)9-5-17/h4-12H,13-15H2,1-3H3,(H2,26,27,29)(H,28,30,33). The fourth-order valence-corrected chi connectivity index (χ4v) is 3.59. The third-order valence-electron chi connectivity index (χ3n) is 5.60. The van der Waals surface area contributed by atoms with Crippen LogP contribution in [0.1, 0.15) is 22.5 Å². The Morgan fingerprint density at radius 2 is 1.42 bits per heavy atom. The lowest BCUT2D eigenvalue weighted by molar-refractivity contribution is 0.414. The minimum absolute atomic E-state index is 0.0658. The number of hydrogen-bond acceptors (Lipinski definition) is 9. The van der Waals surface area contributed by atoms with Gasteiger partial charge >= 0.3 is 11.4 Å². The van der Waals surface area contributed by atoms with Crippen LogP contribution in [0.2, 0.25) is 0 Å². The molecule has 36 heavy (non-hydrogen) atoms. The summed E-state index contributed by atoms with van der Waals surface area (Å²) >= 11 is 0. The van der Waals surface area contributed by atoms with E-state index in [2.05, 4.69) is 20.3 Å². The molecule has 11 nitrogen and oxygen atoms in total. The van der Waals surface area contributed by atoms with Gasteiger partial charge in [-0.05, 0) is 42.3 Å². The summed E-state index contributed by atoms with van der Waals surface area (Å²) in [6.45, 7) is 2.17. The zero-order valence-electron chi connectivity index (χ0n) is 20.3. The summed E-state index contributed by atoms with van der Waals surface area (Å²) < 4.78 is 12.9. The van der Waals surface area contributed by atoms with E-state index < -0.39 is 11.4 Å². The molecule has 0 saturated heterocycles. The van der Waals surface area contributed by atoms with Gasteiger partial charge < -0.3 is 20.5 Å². The van der Waals surface area contributed by atoms with Gasteiger partial charge in [0, 0.05) is 18.3 Å². The average Bonchev–Trinajstić information content (AvgIpc) is 2.88. The molecule has 2 heterocycles. The number of ether oxygens (including phenoxy) is 2. The highest BCUT2D eigenvalue weighted by Gasteiger charge is 2.15. The van der Waals surface area contributed by atoms with Crippen molar-refractivity contribution >= 4 is 11.8 Å². The van der Waals surface area contributed by atoms with E-state index in [1.54, 1.807) is 63.7 Å². The summed E-state index contributed by atoms with van der Waals surface area (Å²) in [5.74, 6) is 2.35. The maximum atomic E-state index is 13.5. The van der Waals surface area contributed by atoms with E-state index in [1.165, 1.54) is 4.57 Å². The van der Waals surface area contributed by atoms with Crippen LogP contribution in [0.4, 0.5) is 11.8 Å². The molecular formula is C25H27N7O4. The van der Waals surface area contributed by atoms with E-state index in [-0.39, 0.29) is 25.6 Å². The summed E-state index contributed by atoms with van der Waals surface area (Å²) in [5, 5.41) is 3.06. The Hall–Kier alpha value is -4.67. The highest BCUT2D eigenvalue weighted by molar-refractivity contribution is 5.40. The van der Waals surface area contributed by atoms with Crippen LogP contribution in [0.5, 0.6) is 11.5 Å². The number of anilines is 2. The lowest BCUT2D eigenvalue weighted by Gasteiger charge is -2.16. The van der Waals surface area contributed by atoms with Gasteiger partial charge in [-0.3, -0.25) is 4.57 Å². The Morgan fingerprint density at radius 3 is 1.94 bits per heavy atom. The second kappa shape index (κ2) is 10.7. The number of nitrogens with zero attached hydrogens (tertiary/aromatic N) is 5. The molecule has 0 saturated carbocycles. The van der Waals surface area contributed by atoms with Crippen molar-refractivity contribution in [1.29, 1.82) is 0 Å². The molecule has 2 aromatic heterocycles. The van der Waals surface area contributed by atoms with Crippen molar-refractivity contribution in [1.82, 2.24) is 24.1 Å². The number of aryl methyl sites for hydroxylation is 1. The van der Waals surface area contributed by atoms with Crippen molar-refractivity contribution in [3.63, 3.8) is 0 Å². The minimum atomic E-state index is -0.669. The highest BCUT2D eigenvalue weighted by atomic mass is 16.5. The van der Waals surface area contributed by atoms with Crippen LogP contribution in [0.3, 0.4) is 0 Å². The van der Waals surface area contributed by atoms with Crippen LogP contribution in [0.25, 0.3) is 0 Å². The van der Waals surface area contributed by atoms with Gasteiger partial charge in [0.25, 0.3) is 0 Å². The summed E-state index contributed by atoms with van der Waals surface area (Å²) in [6.07, 6.45) is 1.60. The van der Waals surface area contributed by atoms with Crippen molar-refractivity contribution in [3.05, 3.63) is 98.2 Å². The SMILES string of the molecule is COc1ccc(Cn2c(NCc3cnc(C)nc3N)nc(=O)n(Cc3ccc(OC)cc3)c2=O)cc1. The largest absolute Gasteiger partial charge is 0.497 e. The van der Waals surface area contributed by atoms with Crippen LogP contribution in [-0.2, 0) is 19.6 Å². The first-order valence-electron chi connectivity index (χ1n) is 11.2. The molecule has 0 aliphatic rings. The molecule has 186 valence electrons. The summed E-state index contributed by atoms with van der Waals surface area (Å²) in [6, 6.07) is 14.4. The number of nitrogens with one attached hydrogen (secondary N) is 1. The second-order valence-corrected chi connectivity index (χ2v) is 8.05. The third kappa shape index (κ3) is 5.52. The van der Waals surface area contributed by atoms with E-state index >= 15 is 0 Å². The van der Waals surface area contributed by atoms with E-state index in [1.807, 2.05) is 12.1 Å². The maximum absolute atomic E-state index is 13.5. The average molecular weight is 490 g/mol.